The van der Waals surface area contributed by atoms with Crippen LogP contribution in [0, 0.1) is 11.3 Å². The fraction of sp³-hybridized carbons (Fsp3) is 0.444. The van der Waals surface area contributed by atoms with Gasteiger partial charge in [-0.1, -0.05) is 6.58 Å². The number of anilines is 3. The number of aromatic nitrogens is 2. The lowest BCUT2D eigenvalue weighted by Crippen LogP contribution is -2.54. The number of nitriles is 1. The van der Waals surface area contributed by atoms with Crippen LogP contribution in [0.5, 0.6) is 0 Å². The SMILES string of the molecule is C=Cc1cc(N(C(C)=O)c2cc(C#N)c(N3CCN(C(=O)CCOC)C(C)C3)nc2C2CC2)ccn1. The highest BCUT2D eigenvalue weighted by molar-refractivity contribution is 6.00. The second kappa shape index (κ2) is 10.9. The fourth-order valence-corrected chi connectivity index (χ4v) is 4.70. The molecule has 1 saturated heterocycles. The van der Waals surface area contributed by atoms with Gasteiger partial charge in [0.1, 0.15) is 11.9 Å². The first kappa shape index (κ1) is 25.3. The molecule has 2 aromatic rings. The van der Waals surface area contributed by atoms with Crippen LogP contribution in [0.1, 0.15) is 56.0 Å². The Morgan fingerprint density at radius 2 is 2.11 bits per heavy atom. The molecule has 4 rings (SSSR count). The lowest BCUT2D eigenvalue weighted by molar-refractivity contribution is -0.134. The zero-order valence-electron chi connectivity index (χ0n) is 21.1. The van der Waals surface area contributed by atoms with E-state index in [4.69, 9.17) is 9.72 Å². The molecule has 9 heteroatoms. The third-order valence-electron chi connectivity index (χ3n) is 6.65. The number of ether oxygens (including phenoxy) is 1. The van der Waals surface area contributed by atoms with Crippen molar-refractivity contribution in [3.05, 3.63) is 47.9 Å². The smallest absolute Gasteiger partial charge is 0.228 e. The normalized spacial score (nSPS) is 17.4. The summed E-state index contributed by atoms with van der Waals surface area (Å²) in [4.78, 5) is 40.2. The van der Waals surface area contributed by atoms with Gasteiger partial charge in [0, 0.05) is 51.8 Å². The first-order valence-electron chi connectivity index (χ1n) is 12.3. The predicted octanol–water partition coefficient (Wildman–Crippen LogP) is 3.63. The summed E-state index contributed by atoms with van der Waals surface area (Å²) in [7, 11) is 1.59. The van der Waals surface area contributed by atoms with Crippen molar-refractivity contribution in [2.45, 2.75) is 45.1 Å². The second-order valence-corrected chi connectivity index (χ2v) is 9.27. The van der Waals surface area contributed by atoms with E-state index < -0.39 is 0 Å². The molecule has 0 radical (unpaired) electrons. The number of carbonyl (C=O) groups excluding carboxylic acids is 2. The standard InChI is InChI=1S/C27H32N6O3/c1-5-22-15-23(8-10-29-22)33(19(3)34)24-14-21(16-28)27(30-26(24)20-6-7-20)31-11-12-32(18(2)17-31)25(35)9-13-36-4/h5,8,10,14-15,18,20H,1,6-7,9,11-13,17H2,2-4H3. The molecule has 2 amide bonds. The van der Waals surface area contributed by atoms with Crippen LogP contribution in [0.15, 0.2) is 31.0 Å². The lowest BCUT2D eigenvalue weighted by Gasteiger charge is -2.41. The summed E-state index contributed by atoms with van der Waals surface area (Å²) < 4.78 is 5.05. The summed E-state index contributed by atoms with van der Waals surface area (Å²) in [6.45, 7) is 9.40. The second-order valence-electron chi connectivity index (χ2n) is 9.27. The molecule has 9 nitrogen and oxygen atoms in total. The maximum absolute atomic E-state index is 12.9. The Hall–Kier alpha value is -3.77. The average Bonchev–Trinajstić information content (AvgIpc) is 3.72. The van der Waals surface area contributed by atoms with Crippen LogP contribution in [-0.4, -0.2) is 66.1 Å². The molecule has 0 N–H and O–H groups in total. The van der Waals surface area contributed by atoms with E-state index in [0.29, 0.717) is 61.1 Å². The molecule has 0 bridgehead atoms. The Balaban J connectivity index is 1.69. The van der Waals surface area contributed by atoms with E-state index in [1.807, 2.05) is 11.8 Å². The van der Waals surface area contributed by atoms with Crippen LogP contribution in [0.3, 0.4) is 0 Å². The van der Waals surface area contributed by atoms with Gasteiger partial charge in [-0.25, -0.2) is 4.98 Å². The number of pyridine rings is 2. The van der Waals surface area contributed by atoms with Crippen molar-refractivity contribution in [3.8, 4) is 6.07 Å². The molecule has 0 spiro atoms. The Labute approximate surface area is 212 Å². The Kier molecular flexibility index (Phi) is 7.65. The van der Waals surface area contributed by atoms with Crippen molar-refractivity contribution in [2.24, 2.45) is 0 Å². The fourth-order valence-electron chi connectivity index (χ4n) is 4.70. The van der Waals surface area contributed by atoms with Crippen molar-refractivity contribution >= 4 is 35.1 Å². The molecule has 2 fully saturated rings. The molecule has 2 aliphatic rings. The van der Waals surface area contributed by atoms with Crippen LogP contribution in [0.4, 0.5) is 17.2 Å². The van der Waals surface area contributed by atoms with Crippen LogP contribution >= 0.6 is 0 Å². The average molecular weight is 489 g/mol. The van der Waals surface area contributed by atoms with E-state index in [2.05, 4.69) is 22.5 Å². The van der Waals surface area contributed by atoms with E-state index in [0.717, 1.165) is 18.5 Å². The third-order valence-corrected chi connectivity index (χ3v) is 6.65. The Morgan fingerprint density at radius 3 is 2.72 bits per heavy atom. The minimum atomic E-state index is -0.173. The number of hydrogen-bond donors (Lipinski definition) is 0. The Morgan fingerprint density at radius 1 is 1.33 bits per heavy atom. The summed E-state index contributed by atoms with van der Waals surface area (Å²) in [6.07, 6.45) is 5.60. The quantitative estimate of drug-likeness (QED) is 0.559. The van der Waals surface area contributed by atoms with Gasteiger partial charge in [-0.15, -0.1) is 0 Å². The van der Waals surface area contributed by atoms with Gasteiger partial charge in [0.15, 0.2) is 0 Å². The van der Waals surface area contributed by atoms with E-state index in [1.54, 1.807) is 42.5 Å². The Bertz CT molecular complexity index is 1200. The van der Waals surface area contributed by atoms with Crippen LogP contribution in [0.2, 0.25) is 0 Å². The van der Waals surface area contributed by atoms with E-state index >= 15 is 0 Å². The van der Waals surface area contributed by atoms with Gasteiger partial charge in [-0.05, 0) is 44.0 Å². The summed E-state index contributed by atoms with van der Waals surface area (Å²) in [5.74, 6) is 0.751. The molecule has 36 heavy (non-hydrogen) atoms. The van der Waals surface area contributed by atoms with Crippen molar-refractivity contribution < 1.29 is 14.3 Å². The minimum absolute atomic E-state index is 0.0247. The number of piperazine rings is 1. The monoisotopic (exact) mass is 488 g/mol. The minimum Gasteiger partial charge on any atom is -0.384 e. The number of carbonyl (C=O) groups is 2. The highest BCUT2D eigenvalue weighted by Crippen LogP contribution is 2.46. The van der Waals surface area contributed by atoms with E-state index in [1.165, 1.54) is 6.92 Å². The molecule has 1 aliphatic heterocycles. The number of rotatable bonds is 8. The molecule has 0 aromatic carbocycles. The highest BCUT2D eigenvalue weighted by atomic mass is 16.5. The lowest BCUT2D eigenvalue weighted by atomic mass is 10.1. The first-order chi connectivity index (χ1) is 17.4. The van der Waals surface area contributed by atoms with Crippen molar-refractivity contribution in [1.29, 1.82) is 5.26 Å². The maximum atomic E-state index is 12.9. The number of amides is 2. The molecule has 1 saturated carbocycles. The third kappa shape index (κ3) is 5.24. The van der Waals surface area contributed by atoms with Crippen LogP contribution in [-0.2, 0) is 14.3 Å². The molecule has 188 valence electrons. The van der Waals surface area contributed by atoms with Gasteiger partial charge < -0.3 is 14.5 Å². The molecule has 2 aromatic heterocycles. The van der Waals surface area contributed by atoms with E-state index in [-0.39, 0.29) is 23.8 Å². The zero-order valence-corrected chi connectivity index (χ0v) is 21.1. The molecule has 1 aliphatic carbocycles. The number of nitrogens with zero attached hydrogens (tertiary/aromatic N) is 6. The number of hydrogen-bond acceptors (Lipinski definition) is 7. The number of methoxy groups -OCH3 is 1. The van der Waals surface area contributed by atoms with Crippen LogP contribution in [0.25, 0.3) is 6.08 Å². The predicted molar refractivity (Wildman–Crippen MR) is 138 cm³/mol. The summed E-state index contributed by atoms with van der Waals surface area (Å²) >= 11 is 0. The summed E-state index contributed by atoms with van der Waals surface area (Å²) in [6, 6.07) is 7.62. The van der Waals surface area contributed by atoms with Gasteiger partial charge in [0.05, 0.1) is 41.4 Å². The topological polar surface area (TPSA) is 103 Å². The molecule has 1 unspecified atom stereocenters. The molecule has 3 heterocycles. The summed E-state index contributed by atoms with van der Waals surface area (Å²) in [5, 5.41) is 10.1. The van der Waals surface area contributed by atoms with Gasteiger partial charge in [0.25, 0.3) is 0 Å². The van der Waals surface area contributed by atoms with E-state index in [9.17, 15) is 14.9 Å². The molecule has 1 atom stereocenters. The van der Waals surface area contributed by atoms with Crippen LogP contribution < -0.4 is 9.80 Å². The van der Waals surface area contributed by atoms with Gasteiger partial charge >= 0.3 is 0 Å². The summed E-state index contributed by atoms with van der Waals surface area (Å²) in [5.41, 5.74) is 3.17. The highest BCUT2D eigenvalue weighted by Gasteiger charge is 2.35. The molecular weight excluding hydrogens is 456 g/mol. The maximum Gasteiger partial charge on any atom is 0.228 e. The van der Waals surface area contributed by atoms with Gasteiger partial charge in [0.2, 0.25) is 11.8 Å². The first-order valence-corrected chi connectivity index (χ1v) is 12.3. The molecular formula is C27H32N6O3. The van der Waals surface area contributed by atoms with Crippen molar-refractivity contribution in [2.75, 3.05) is 43.2 Å². The van der Waals surface area contributed by atoms with Crippen molar-refractivity contribution in [1.82, 2.24) is 14.9 Å². The van der Waals surface area contributed by atoms with Crippen molar-refractivity contribution in [3.63, 3.8) is 0 Å². The zero-order chi connectivity index (χ0) is 25.8. The van der Waals surface area contributed by atoms with Gasteiger partial charge in [-0.2, -0.15) is 5.26 Å². The van der Waals surface area contributed by atoms with Gasteiger partial charge in [-0.3, -0.25) is 19.5 Å². The largest absolute Gasteiger partial charge is 0.384 e.